The third-order valence-corrected chi connectivity index (χ3v) is 1.56. The van der Waals surface area contributed by atoms with Crippen LogP contribution in [-0.4, -0.2) is 33.1 Å². The summed E-state index contributed by atoms with van der Waals surface area (Å²) in [6.45, 7) is 2.58. The van der Waals surface area contributed by atoms with E-state index in [4.69, 9.17) is 9.47 Å². The third-order valence-electron chi connectivity index (χ3n) is 1.56. The van der Waals surface area contributed by atoms with Crippen LogP contribution in [-0.2, 0) is 9.47 Å². The average Bonchev–Trinajstić information content (AvgIpc) is 2.41. The predicted molar refractivity (Wildman–Crippen MR) is 38.9 cm³/mol. The van der Waals surface area contributed by atoms with Crippen LogP contribution < -0.4 is 5.32 Å². The molecule has 1 aliphatic heterocycles. The Morgan fingerprint density at radius 2 is 2.10 bits per heavy atom. The Hall–Kier alpha value is -0.120. The lowest BCUT2D eigenvalue weighted by atomic mass is 10.3. The van der Waals surface area contributed by atoms with Gasteiger partial charge in [0.05, 0.1) is 13.2 Å². The molecule has 0 unspecified atom stereocenters. The van der Waals surface area contributed by atoms with E-state index in [0.29, 0.717) is 0 Å². The van der Waals surface area contributed by atoms with Crippen molar-refractivity contribution in [1.29, 1.82) is 0 Å². The lowest BCUT2D eigenvalue weighted by Gasteiger charge is -2.07. The first-order valence-electron chi connectivity index (χ1n) is 3.81. The molecule has 1 N–H and O–H groups in total. The smallest absolute Gasteiger partial charge is 0.157 e. The zero-order valence-corrected chi connectivity index (χ0v) is 6.43. The Balaban J connectivity index is 1.91. The van der Waals surface area contributed by atoms with Crippen molar-refractivity contribution in [3.63, 3.8) is 0 Å². The number of hydrogen-bond acceptors (Lipinski definition) is 3. The predicted octanol–water partition coefficient (Wildman–Crippen LogP) is 0.359. The molecule has 1 heterocycles. The monoisotopic (exact) mass is 145 g/mol. The Kier molecular flexibility index (Phi) is 3.72. The molecule has 0 radical (unpaired) electrons. The molecule has 0 spiro atoms. The van der Waals surface area contributed by atoms with Crippen molar-refractivity contribution in [3.05, 3.63) is 0 Å². The molecule has 0 aliphatic carbocycles. The maximum atomic E-state index is 5.25. The van der Waals surface area contributed by atoms with Crippen molar-refractivity contribution >= 4 is 0 Å². The first-order chi connectivity index (χ1) is 4.93. The molecule has 3 heteroatoms. The van der Waals surface area contributed by atoms with E-state index in [0.717, 1.165) is 32.6 Å². The van der Waals surface area contributed by atoms with Crippen LogP contribution in [0.15, 0.2) is 0 Å². The minimum atomic E-state index is 0.0772. The van der Waals surface area contributed by atoms with Crippen LogP contribution in [0.1, 0.15) is 12.8 Å². The van der Waals surface area contributed by atoms with Gasteiger partial charge in [0.1, 0.15) is 0 Å². The quantitative estimate of drug-likeness (QED) is 0.579. The fourth-order valence-electron chi connectivity index (χ4n) is 1.02. The maximum Gasteiger partial charge on any atom is 0.157 e. The summed E-state index contributed by atoms with van der Waals surface area (Å²) >= 11 is 0. The number of nitrogens with one attached hydrogen (secondary N) is 1. The van der Waals surface area contributed by atoms with E-state index in [2.05, 4.69) is 5.32 Å². The van der Waals surface area contributed by atoms with Gasteiger partial charge in [0.15, 0.2) is 6.29 Å². The van der Waals surface area contributed by atoms with Crippen LogP contribution in [0, 0.1) is 0 Å². The van der Waals surface area contributed by atoms with Crippen LogP contribution in [0.3, 0.4) is 0 Å². The van der Waals surface area contributed by atoms with E-state index >= 15 is 0 Å². The highest BCUT2D eigenvalue weighted by Gasteiger charge is 2.14. The minimum absolute atomic E-state index is 0.0772. The van der Waals surface area contributed by atoms with Gasteiger partial charge in [0, 0.05) is 0 Å². The van der Waals surface area contributed by atoms with Crippen LogP contribution in [0.4, 0.5) is 0 Å². The summed E-state index contributed by atoms with van der Waals surface area (Å²) in [7, 11) is 1.95. The molecule has 0 aromatic carbocycles. The van der Waals surface area contributed by atoms with Gasteiger partial charge in [-0.3, -0.25) is 0 Å². The first kappa shape index (κ1) is 7.98. The molecule has 1 saturated heterocycles. The zero-order valence-electron chi connectivity index (χ0n) is 6.43. The number of hydrogen-bond donors (Lipinski definition) is 1. The van der Waals surface area contributed by atoms with Gasteiger partial charge in [-0.05, 0) is 26.4 Å². The van der Waals surface area contributed by atoms with Gasteiger partial charge in [-0.1, -0.05) is 0 Å². The van der Waals surface area contributed by atoms with Crippen molar-refractivity contribution in [2.45, 2.75) is 19.1 Å². The molecule has 3 nitrogen and oxygen atoms in total. The van der Waals surface area contributed by atoms with Gasteiger partial charge in [0.2, 0.25) is 0 Å². The van der Waals surface area contributed by atoms with Crippen LogP contribution in [0.5, 0.6) is 0 Å². The summed E-state index contributed by atoms with van der Waals surface area (Å²) in [6.07, 6.45) is 2.22. The molecule has 0 bridgehead atoms. The molecular formula is C7H15NO2. The molecule has 0 aromatic heterocycles. The van der Waals surface area contributed by atoms with E-state index in [1.54, 1.807) is 0 Å². The highest BCUT2D eigenvalue weighted by molar-refractivity contribution is 4.53. The lowest BCUT2D eigenvalue weighted by molar-refractivity contribution is -0.0474. The fourth-order valence-corrected chi connectivity index (χ4v) is 1.02. The summed E-state index contributed by atoms with van der Waals surface area (Å²) in [5.41, 5.74) is 0. The molecule has 60 valence electrons. The summed E-state index contributed by atoms with van der Waals surface area (Å²) in [5, 5.41) is 3.08. The second-order valence-corrected chi connectivity index (χ2v) is 2.42. The molecule has 0 atom stereocenters. The SMILES string of the molecule is CNCCCC1OCCO1. The van der Waals surface area contributed by atoms with Gasteiger partial charge in [-0.25, -0.2) is 0 Å². The van der Waals surface area contributed by atoms with Crippen molar-refractivity contribution in [2.75, 3.05) is 26.8 Å². The normalized spacial score (nSPS) is 20.1. The van der Waals surface area contributed by atoms with E-state index in [9.17, 15) is 0 Å². The molecule has 1 aliphatic rings. The van der Waals surface area contributed by atoms with Crippen molar-refractivity contribution in [3.8, 4) is 0 Å². The van der Waals surface area contributed by atoms with Gasteiger partial charge >= 0.3 is 0 Å². The Bertz CT molecular complexity index is 81.7. The highest BCUT2D eigenvalue weighted by atomic mass is 16.7. The molecule has 10 heavy (non-hydrogen) atoms. The number of rotatable bonds is 4. The number of ether oxygens (including phenoxy) is 2. The molecule has 0 aromatic rings. The second kappa shape index (κ2) is 4.66. The molecule has 1 rings (SSSR count). The van der Waals surface area contributed by atoms with E-state index in [1.807, 2.05) is 7.05 Å². The van der Waals surface area contributed by atoms with Gasteiger partial charge in [-0.15, -0.1) is 0 Å². The van der Waals surface area contributed by atoms with Crippen LogP contribution >= 0.6 is 0 Å². The van der Waals surface area contributed by atoms with Crippen molar-refractivity contribution in [2.24, 2.45) is 0 Å². The summed E-state index contributed by atoms with van der Waals surface area (Å²) < 4.78 is 10.5. The zero-order chi connectivity index (χ0) is 7.23. The summed E-state index contributed by atoms with van der Waals surface area (Å²) in [5.74, 6) is 0. The van der Waals surface area contributed by atoms with Crippen molar-refractivity contribution < 1.29 is 9.47 Å². The fraction of sp³-hybridized carbons (Fsp3) is 1.00. The largest absolute Gasteiger partial charge is 0.350 e. The highest BCUT2D eigenvalue weighted by Crippen LogP contribution is 2.08. The first-order valence-corrected chi connectivity index (χ1v) is 3.81. The Morgan fingerprint density at radius 1 is 1.40 bits per heavy atom. The molecule has 0 saturated carbocycles. The maximum absolute atomic E-state index is 5.25. The van der Waals surface area contributed by atoms with Gasteiger partial charge < -0.3 is 14.8 Å². The third kappa shape index (κ3) is 2.64. The average molecular weight is 145 g/mol. The van der Waals surface area contributed by atoms with Crippen LogP contribution in [0.2, 0.25) is 0 Å². The Morgan fingerprint density at radius 3 is 2.70 bits per heavy atom. The molecule has 1 fully saturated rings. The second-order valence-electron chi connectivity index (χ2n) is 2.42. The molecule has 0 amide bonds. The Labute approximate surface area is 61.7 Å². The standard InChI is InChI=1S/C7H15NO2/c1-8-4-2-3-7-9-5-6-10-7/h7-8H,2-6H2,1H3. The topological polar surface area (TPSA) is 30.5 Å². The van der Waals surface area contributed by atoms with E-state index < -0.39 is 0 Å². The summed E-state index contributed by atoms with van der Waals surface area (Å²) in [4.78, 5) is 0. The van der Waals surface area contributed by atoms with Gasteiger partial charge in [-0.2, -0.15) is 0 Å². The molecular weight excluding hydrogens is 130 g/mol. The lowest BCUT2D eigenvalue weighted by Crippen LogP contribution is -2.13. The van der Waals surface area contributed by atoms with E-state index in [-0.39, 0.29) is 6.29 Å². The van der Waals surface area contributed by atoms with Crippen LogP contribution in [0.25, 0.3) is 0 Å². The summed E-state index contributed by atoms with van der Waals surface area (Å²) in [6, 6.07) is 0. The van der Waals surface area contributed by atoms with Crippen molar-refractivity contribution in [1.82, 2.24) is 5.32 Å². The van der Waals surface area contributed by atoms with Gasteiger partial charge in [0.25, 0.3) is 0 Å². The van der Waals surface area contributed by atoms with E-state index in [1.165, 1.54) is 0 Å². The minimum Gasteiger partial charge on any atom is -0.350 e.